The predicted octanol–water partition coefficient (Wildman–Crippen LogP) is 4.12. The third-order valence-corrected chi connectivity index (χ3v) is 3.26. The molecule has 0 aliphatic rings. The van der Waals surface area contributed by atoms with Gasteiger partial charge in [0, 0.05) is 0 Å². The Labute approximate surface area is 143 Å². The lowest BCUT2D eigenvalue weighted by atomic mass is 10.2. The van der Waals surface area contributed by atoms with Gasteiger partial charge in [0.15, 0.2) is 11.4 Å². The van der Waals surface area contributed by atoms with Crippen molar-refractivity contribution in [1.82, 2.24) is 4.57 Å². The molecule has 0 unspecified atom stereocenters. The Morgan fingerprint density at radius 3 is 2.20 bits per heavy atom. The van der Waals surface area contributed by atoms with Crippen LogP contribution in [-0.2, 0) is 6.54 Å². The van der Waals surface area contributed by atoms with E-state index in [1.54, 1.807) is 7.11 Å². The minimum Gasteiger partial charge on any atom is -0.492 e. The number of hydrogen-bond acceptors (Lipinski definition) is 1. The molecule has 0 amide bonds. The van der Waals surface area contributed by atoms with Crippen LogP contribution in [-0.4, -0.2) is 18.9 Å². The number of nitrogens with zero attached hydrogens (tertiary/aromatic N) is 2. The zero-order chi connectivity index (χ0) is 18.3. The van der Waals surface area contributed by atoms with Crippen LogP contribution >= 0.6 is 0 Å². The third-order valence-electron chi connectivity index (χ3n) is 3.26. The van der Waals surface area contributed by atoms with Crippen molar-refractivity contribution in [1.29, 1.82) is 0 Å². The zero-order valence-electron chi connectivity index (χ0n) is 13.5. The van der Waals surface area contributed by atoms with Crippen molar-refractivity contribution in [3.8, 4) is 11.4 Å². The highest BCUT2D eigenvalue weighted by atomic mass is 19.5. The molecule has 25 heavy (non-hydrogen) atoms. The number of halogens is 4. The second-order valence-electron chi connectivity index (χ2n) is 5.15. The molecule has 0 atom stereocenters. The van der Waals surface area contributed by atoms with Gasteiger partial charge in [-0.15, -0.1) is 0 Å². The summed E-state index contributed by atoms with van der Waals surface area (Å²) in [4.78, 5) is 0. The van der Waals surface area contributed by atoms with Crippen LogP contribution in [0.1, 0.15) is 5.56 Å². The molecule has 0 fully saturated rings. The Balaban J connectivity index is 0.000000399. The van der Waals surface area contributed by atoms with Gasteiger partial charge in [0.25, 0.3) is 0 Å². The first kappa shape index (κ1) is 18.6. The van der Waals surface area contributed by atoms with E-state index >= 15 is 0 Å². The van der Waals surface area contributed by atoms with Crippen molar-refractivity contribution in [2.45, 2.75) is 6.54 Å². The summed E-state index contributed by atoms with van der Waals surface area (Å²) in [5, 5.41) is 0. The Morgan fingerprint density at radius 1 is 0.960 bits per heavy atom. The smallest absolute Gasteiger partial charge is 0.492 e. The Hall–Kier alpha value is -2.77. The number of benzene rings is 2. The average Bonchev–Trinajstić information content (AvgIpc) is 3.02. The first-order valence-electron chi connectivity index (χ1n) is 7.48. The lowest BCUT2D eigenvalue weighted by molar-refractivity contribution is -0.687. The molecule has 1 heterocycles. The topological polar surface area (TPSA) is 18.0 Å². The van der Waals surface area contributed by atoms with Gasteiger partial charge < -0.3 is 22.0 Å². The van der Waals surface area contributed by atoms with Crippen LogP contribution in [0.15, 0.2) is 73.3 Å². The summed E-state index contributed by atoms with van der Waals surface area (Å²) in [5.41, 5.74) is 2.33. The van der Waals surface area contributed by atoms with Gasteiger partial charge in [-0.25, -0.2) is 4.57 Å². The molecule has 0 N–H and O–H groups in total. The summed E-state index contributed by atoms with van der Waals surface area (Å²) >= 11 is 0. The molecule has 8 heteroatoms. The van der Waals surface area contributed by atoms with Crippen molar-refractivity contribution in [3.63, 3.8) is 0 Å². The Bertz CT molecular complexity index is 785. The van der Waals surface area contributed by atoms with Crippen molar-refractivity contribution in [2.75, 3.05) is 7.11 Å². The molecule has 0 spiro atoms. The summed E-state index contributed by atoms with van der Waals surface area (Å²) in [5.74, 6) is 0.870. The summed E-state index contributed by atoms with van der Waals surface area (Å²) in [6.45, 7) is 0.864. The van der Waals surface area contributed by atoms with Crippen molar-refractivity contribution in [3.05, 3.63) is 78.9 Å². The van der Waals surface area contributed by atoms with Crippen LogP contribution in [0.2, 0.25) is 0 Å². The van der Waals surface area contributed by atoms with Crippen LogP contribution in [0.3, 0.4) is 0 Å². The molecule has 132 valence electrons. The lowest BCUT2D eigenvalue weighted by Crippen LogP contribution is -2.31. The molecule has 3 aromatic rings. The predicted molar refractivity (Wildman–Crippen MR) is 88.2 cm³/mol. The Kier molecular flexibility index (Phi) is 6.22. The van der Waals surface area contributed by atoms with Gasteiger partial charge in [0.2, 0.25) is 6.33 Å². The van der Waals surface area contributed by atoms with Gasteiger partial charge >= 0.3 is 7.25 Å². The lowest BCUT2D eigenvalue weighted by Gasteiger charge is -2.03. The number of methoxy groups -OCH3 is 1. The fourth-order valence-electron chi connectivity index (χ4n) is 2.27. The maximum atomic E-state index is 9.75. The number of aromatic nitrogens is 2. The Morgan fingerprint density at radius 2 is 1.56 bits per heavy atom. The highest BCUT2D eigenvalue weighted by Crippen LogP contribution is 2.21. The van der Waals surface area contributed by atoms with Crippen molar-refractivity contribution >= 4 is 7.25 Å². The molecule has 0 aliphatic carbocycles. The minimum atomic E-state index is -6.00. The van der Waals surface area contributed by atoms with E-state index < -0.39 is 7.25 Å². The van der Waals surface area contributed by atoms with Crippen LogP contribution in [0.25, 0.3) is 5.69 Å². The maximum absolute atomic E-state index is 9.75. The normalized spacial score (nSPS) is 10.8. The van der Waals surface area contributed by atoms with Crippen molar-refractivity contribution in [2.24, 2.45) is 0 Å². The number of rotatable bonds is 4. The number of ether oxygens (including phenoxy) is 1. The SMILES string of the molecule is COc1ccccc1-n1cc[n+](Cc2ccccc2)c1.F[B-](F)(F)F. The van der Waals surface area contributed by atoms with E-state index in [4.69, 9.17) is 4.74 Å². The van der Waals surface area contributed by atoms with Crippen LogP contribution in [0.5, 0.6) is 5.75 Å². The van der Waals surface area contributed by atoms with E-state index in [0.29, 0.717) is 0 Å². The number of hydrogen-bond donors (Lipinski definition) is 0. The average molecular weight is 352 g/mol. The monoisotopic (exact) mass is 352 g/mol. The van der Waals surface area contributed by atoms with Crippen LogP contribution in [0.4, 0.5) is 17.3 Å². The van der Waals surface area contributed by atoms with E-state index in [9.17, 15) is 17.3 Å². The molecular formula is C17H17BF4N2O. The van der Waals surface area contributed by atoms with Gasteiger partial charge in [-0.2, -0.15) is 4.57 Å². The molecule has 0 aliphatic heterocycles. The fraction of sp³-hybridized carbons (Fsp3) is 0.118. The fourth-order valence-corrected chi connectivity index (χ4v) is 2.27. The molecule has 0 saturated carbocycles. The second-order valence-corrected chi connectivity index (χ2v) is 5.15. The number of para-hydroxylation sites is 2. The molecular weight excluding hydrogens is 335 g/mol. The summed E-state index contributed by atoms with van der Waals surface area (Å²) in [6.07, 6.45) is 6.19. The standard InChI is InChI=1S/C17H17N2O.BF4/c1-20-17-10-6-5-9-16(17)19-12-11-18(14-19)13-15-7-3-2-4-8-15;2-1(3,4)5/h2-12,14H,13H2,1H3;/q+1;-1. The van der Waals surface area contributed by atoms with Crippen LogP contribution in [0, 0.1) is 0 Å². The quantitative estimate of drug-likeness (QED) is 0.392. The van der Waals surface area contributed by atoms with E-state index in [1.165, 1.54) is 5.56 Å². The van der Waals surface area contributed by atoms with E-state index in [1.807, 2.05) is 36.5 Å². The first-order chi connectivity index (χ1) is 11.9. The van der Waals surface area contributed by atoms with Gasteiger partial charge in [-0.05, 0) is 17.7 Å². The van der Waals surface area contributed by atoms with E-state index in [-0.39, 0.29) is 0 Å². The summed E-state index contributed by atoms with van der Waals surface area (Å²) in [6, 6.07) is 18.4. The van der Waals surface area contributed by atoms with Crippen molar-refractivity contribution < 1.29 is 26.6 Å². The molecule has 2 aromatic carbocycles. The third kappa shape index (κ3) is 6.33. The van der Waals surface area contributed by atoms with Gasteiger partial charge in [-0.3, -0.25) is 0 Å². The molecule has 0 radical (unpaired) electrons. The van der Waals surface area contributed by atoms with Gasteiger partial charge in [-0.1, -0.05) is 42.5 Å². The van der Waals surface area contributed by atoms with Gasteiger partial charge in [0.05, 0.1) is 7.11 Å². The molecule has 3 rings (SSSR count). The number of imidazole rings is 1. The first-order valence-corrected chi connectivity index (χ1v) is 7.48. The summed E-state index contributed by atoms with van der Waals surface area (Å²) < 4.78 is 48.6. The molecule has 1 aromatic heterocycles. The van der Waals surface area contributed by atoms with E-state index in [0.717, 1.165) is 18.0 Å². The molecule has 0 saturated heterocycles. The highest BCUT2D eigenvalue weighted by molar-refractivity contribution is 6.50. The summed E-state index contributed by atoms with van der Waals surface area (Å²) in [7, 11) is -4.31. The highest BCUT2D eigenvalue weighted by Gasteiger charge is 2.20. The minimum absolute atomic E-state index is 0.864. The van der Waals surface area contributed by atoms with Crippen LogP contribution < -0.4 is 9.30 Å². The molecule has 3 nitrogen and oxygen atoms in total. The second kappa shape index (κ2) is 8.37. The van der Waals surface area contributed by atoms with Gasteiger partial charge in [0.1, 0.15) is 18.9 Å². The largest absolute Gasteiger partial charge is 0.673 e. The van der Waals surface area contributed by atoms with E-state index in [2.05, 4.69) is 45.9 Å². The zero-order valence-corrected chi connectivity index (χ0v) is 13.5. The molecule has 0 bridgehead atoms. The maximum Gasteiger partial charge on any atom is 0.673 e.